The van der Waals surface area contributed by atoms with E-state index in [1.165, 1.54) is 24.2 Å². The molecule has 14 heavy (non-hydrogen) atoms. The van der Waals surface area contributed by atoms with Gasteiger partial charge in [-0.25, -0.2) is 4.98 Å². The lowest BCUT2D eigenvalue weighted by molar-refractivity contribution is 0.915. The molecule has 0 spiro atoms. The third-order valence-electron chi connectivity index (χ3n) is 2.65. The zero-order valence-electron chi connectivity index (χ0n) is 8.32. The lowest BCUT2D eigenvalue weighted by Crippen LogP contribution is -2.20. The molecular formula is C11H16N2S. The SMILES string of the molecule is SCCc1cccnc1N1CCCC1. The summed E-state index contributed by atoms with van der Waals surface area (Å²) in [7, 11) is 0. The maximum atomic E-state index is 4.47. The van der Waals surface area contributed by atoms with Crippen molar-refractivity contribution >= 4 is 18.4 Å². The van der Waals surface area contributed by atoms with Gasteiger partial charge in [0.25, 0.3) is 0 Å². The summed E-state index contributed by atoms with van der Waals surface area (Å²) in [6, 6.07) is 4.18. The van der Waals surface area contributed by atoms with Crippen molar-refractivity contribution in [2.75, 3.05) is 23.7 Å². The molecule has 1 aliphatic rings. The van der Waals surface area contributed by atoms with Crippen molar-refractivity contribution < 1.29 is 0 Å². The fourth-order valence-corrected chi connectivity index (χ4v) is 2.20. The van der Waals surface area contributed by atoms with Crippen LogP contribution < -0.4 is 4.90 Å². The minimum Gasteiger partial charge on any atom is -0.356 e. The minimum absolute atomic E-state index is 0.895. The molecule has 2 heterocycles. The summed E-state index contributed by atoms with van der Waals surface area (Å²) < 4.78 is 0. The normalized spacial score (nSPS) is 16.2. The summed E-state index contributed by atoms with van der Waals surface area (Å²) in [5, 5.41) is 0. The topological polar surface area (TPSA) is 16.1 Å². The first kappa shape index (κ1) is 9.84. The Labute approximate surface area is 90.7 Å². The Kier molecular flexibility index (Phi) is 3.30. The van der Waals surface area contributed by atoms with Crippen molar-refractivity contribution in [2.24, 2.45) is 0 Å². The van der Waals surface area contributed by atoms with Crippen molar-refractivity contribution in [3.8, 4) is 0 Å². The molecule has 1 fully saturated rings. The third kappa shape index (κ3) is 2.03. The van der Waals surface area contributed by atoms with Gasteiger partial charge in [-0.1, -0.05) is 6.07 Å². The van der Waals surface area contributed by atoms with Crippen LogP contribution in [-0.2, 0) is 6.42 Å². The molecule has 0 N–H and O–H groups in total. The van der Waals surface area contributed by atoms with Crippen LogP contribution in [0.25, 0.3) is 0 Å². The average molecular weight is 208 g/mol. The molecule has 1 aromatic rings. The summed E-state index contributed by atoms with van der Waals surface area (Å²) in [6.45, 7) is 2.33. The van der Waals surface area contributed by atoms with E-state index in [1.807, 2.05) is 12.3 Å². The van der Waals surface area contributed by atoms with Crippen molar-refractivity contribution in [2.45, 2.75) is 19.3 Å². The predicted molar refractivity (Wildman–Crippen MR) is 63.2 cm³/mol. The molecule has 76 valence electrons. The molecule has 0 aliphatic carbocycles. The van der Waals surface area contributed by atoms with Gasteiger partial charge in [0.1, 0.15) is 5.82 Å². The maximum absolute atomic E-state index is 4.47. The van der Waals surface area contributed by atoms with Crippen molar-refractivity contribution in [1.82, 2.24) is 4.98 Å². The number of anilines is 1. The predicted octanol–water partition coefficient (Wildman–Crippen LogP) is 2.15. The van der Waals surface area contributed by atoms with Crippen LogP contribution in [0, 0.1) is 0 Å². The number of aromatic nitrogens is 1. The number of hydrogen-bond acceptors (Lipinski definition) is 3. The smallest absolute Gasteiger partial charge is 0.131 e. The van der Waals surface area contributed by atoms with Crippen molar-refractivity contribution in [3.05, 3.63) is 23.9 Å². The summed E-state index contributed by atoms with van der Waals surface area (Å²) in [5.41, 5.74) is 1.34. The largest absolute Gasteiger partial charge is 0.356 e. The molecule has 1 saturated heterocycles. The number of aryl methyl sites for hydroxylation is 1. The van der Waals surface area contributed by atoms with Crippen LogP contribution in [0.15, 0.2) is 18.3 Å². The van der Waals surface area contributed by atoms with E-state index < -0.39 is 0 Å². The molecule has 0 saturated carbocycles. The highest BCUT2D eigenvalue weighted by Gasteiger charge is 2.15. The number of hydrogen-bond donors (Lipinski definition) is 1. The molecule has 0 aromatic carbocycles. The second kappa shape index (κ2) is 4.69. The fourth-order valence-electron chi connectivity index (χ4n) is 1.96. The van der Waals surface area contributed by atoms with E-state index in [0.29, 0.717) is 0 Å². The van der Waals surface area contributed by atoms with E-state index in [1.54, 1.807) is 0 Å². The minimum atomic E-state index is 0.895. The maximum Gasteiger partial charge on any atom is 0.131 e. The van der Waals surface area contributed by atoms with Crippen molar-refractivity contribution in [3.63, 3.8) is 0 Å². The van der Waals surface area contributed by atoms with E-state index in [2.05, 4.69) is 28.6 Å². The summed E-state index contributed by atoms with van der Waals surface area (Å²) in [6.07, 6.45) is 5.51. The van der Waals surface area contributed by atoms with Gasteiger partial charge in [-0.2, -0.15) is 12.6 Å². The number of thiol groups is 1. The van der Waals surface area contributed by atoms with Gasteiger partial charge in [-0.05, 0) is 36.6 Å². The third-order valence-corrected chi connectivity index (χ3v) is 2.88. The Bertz CT molecular complexity index is 295. The van der Waals surface area contributed by atoms with Gasteiger partial charge in [0, 0.05) is 19.3 Å². The summed E-state index contributed by atoms with van der Waals surface area (Å²) in [4.78, 5) is 6.86. The van der Waals surface area contributed by atoms with Crippen LogP contribution in [0.2, 0.25) is 0 Å². The van der Waals surface area contributed by atoms with E-state index in [0.717, 1.165) is 25.3 Å². The number of pyridine rings is 1. The van der Waals surface area contributed by atoms with E-state index >= 15 is 0 Å². The highest BCUT2D eigenvalue weighted by atomic mass is 32.1. The highest BCUT2D eigenvalue weighted by Crippen LogP contribution is 2.22. The molecule has 1 aliphatic heterocycles. The lowest BCUT2D eigenvalue weighted by Gasteiger charge is -2.19. The van der Waals surface area contributed by atoms with Crippen LogP contribution in [0.5, 0.6) is 0 Å². The molecule has 2 nitrogen and oxygen atoms in total. The van der Waals surface area contributed by atoms with Gasteiger partial charge < -0.3 is 4.90 Å². The quantitative estimate of drug-likeness (QED) is 0.766. The Balaban J connectivity index is 2.21. The van der Waals surface area contributed by atoms with Crippen LogP contribution in [0.1, 0.15) is 18.4 Å². The summed E-state index contributed by atoms with van der Waals surface area (Å²) in [5.74, 6) is 2.08. The van der Waals surface area contributed by atoms with Gasteiger partial charge >= 0.3 is 0 Å². The first-order valence-electron chi connectivity index (χ1n) is 5.21. The first-order chi connectivity index (χ1) is 6.92. The van der Waals surface area contributed by atoms with Gasteiger partial charge in [0.05, 0.1) is 0 Å². The van der Waals surface area contributed by atoms with Crippen LogP contribution in [0.4, 0.5) is 5.82 Å². The first-order valence-corrected chi connectivity index (χ1v) is 5.85. The molecule has 0 radical (unpaired) electrons. The molecule has 0 bridgehead atoms. The molecule has 3 heteroatoms. The Morgan fingerprint density at radius 1 is 1.36 bits per heavy atom. The second-order valence-corrected chi connectivity index (χ2v) is 4.10. The van der Waals surface area contributed by atoms with Gasteiger partial charge in [0.2, 0.25) is 0 Å². The standard InChI is InChI=1S/C11H16N2S/c14-9-5-10-4-3-6-12-11(10)13-7-1-2-8-13/h3-4,6,14H,1-2,5,7-9H2. The zero-order chi connectivity index (χ0) is 9.80. The monoisotopic (exact) mass is 208 g/mol. The molecule has 0 unspecified atom stereocenters. The highest BCUT2D eigenvalue weighted by molar-refractivity contribution is 7.80. The Morgan fingerprint density at radius 3 is 2.86 bits per heavy atom. The molecule has 2 rings (SSSR count). The van der Waals surface area contributed by atoms with Crippen LogP contribution in [0.3, 0.4) is 0 Å². The average Bonchev–Trinajstić information content (AvgIpc) is 2.72. The second-order valence-electron chi connectivity index (χ2n) is 3.65. The zero-order valence-corrected chi connectivity index (χ0v) is 9.21. The van der Waals surface area contributed by atoms with Gasteiger partial charge in [0.15, 0.2) is 0 Å². The molecular weight excluding hydrogens is 192 g/mol. The molecule has 1 aromatic heterocycles. The Morgan fingerprint density at radius 2 is 2.14 bits per heavy atom. The van der Waals surface area contributed by atoms with Gasteiger partial charge in [-0.3, -0.25) is 0 Å². The van der Waals surface area contributed by atoms with Gasteiger partial charge in [-0.15, -0.1) is 0 Å². The van der Waals surface area contributed by atoms with Crippen LogP contribution in [-0.4, -0.2) is 23.8 Å². The van der Waals surface area contributed by atoms with E-state index in [4.69, 9.17) is 0 Å². The van der Waals surface area contributed by atoms with Crippen LogP contribution >= 0.6 is 12.6 Å². The number of nitrogens with zero attached hydrogens (tertiary/aromatic N) is 2. The lowest BCUT2D eigenvalue weighted by atomic mass is 10.2. The Hall–Kier alpha value is -0.700. The molecule has 0 amide bonds. The van der Waals surface area contributed by atoms with E-state index in [-0.39, 0.29) is 0 Å². The van der Waals surface area contributed by atoms with Crippen molar-refractivity contribution in [1.29, 1.82) is 0 Å². The molecule has 0 atom stereocenters. The fraction of sp³-hybridized carbons (Fsp3) is 0.545. The summed E-state index contributed by atoms with van der Waals surface area (Å²) >= 11 is 4.28. The van der Waals surface area contributed by atoms with E-state index in [9.17, 15) is 0 Å². The number of rotatable bonds is 3.